The number of carbonyl (C=O) groups excluding carboxylic acids is 2. The molecule has 0 spiro atoms. The van der Waals surface area contributed by atoms with Crippen molar-refractivity contribution in [3.8, 4) is 5.88 Å². The second kappa shape index (κ2) is 8.70. The van der Waals surface area contributed by atoms with Gasteiger partial charge in [0.15, 0.2) is 5.82 Å². The predicted molar refractivity (Wildman–Crippen MR) is 113 cm³/mol. The molecule has 0 aliphatic rings. The summed E-state index contributed by atoms with van der Waals surface area (Å²) >= 11 is 0. The second-order valence-electron chi connectivity index (χ2n) is 6.93. The highest BCUT2D eigenvalue weighted by Gasteiger charge is 2.26. The van der Waals surface area contributed by atoms with Gasteiger partial charge in [-0.1, -0.05) is 19.9 Å². The maximum absolute atomic E-state index is 12.1. The van der Waals surface area contributed by atoms with Crippen molar-refractivity contribution in [2.24, 2.45) is 17.5 Å². The van der Waals surface area contributed by atoms with Gasteiger partial charge in [-0.15, -0.1) is 0 Å². The highest BCUT2D eigenvalue weighted by molar-refractivity contribution is 6.01. The molecule has 2 heterocycles. The molecule has 0 saturated carbocycles. The Morgan fingerprint density at radius 1 is 1.27 bits per heavy atom. The lowest BCUT2D eigenvalue weighted by molar-refractivity contribution is -0.109. The van der Waals surface area contributed by atoms with E-state index < -0.39 is 11.9 Å². The average molecular weight is 409 g/mol. The summed E-state index contributed by atoms with van der Waals surface area (Å²) in [6, 6.07) is 8.53. The largest absolute Gasteiger partial charge is 0.480 e. The first-order chi connectivity index (χ1) is 14.3. The minimum absolute atomic E-state index is 0.00704. The number of primary amides is 1. The Morgan fingerprint density at radius 2 is 2.03 bits per heavy atom. The number of carbonyl (C=O) groups is 2. The summed E-state index contributed by atoms with van der Waals surface area (Å²) in [6.45, 7) is 3.69. The van der Waals surface area contributed by atoms with E-state index in [4.69, 9.17) is 16.3 Å². The first-order valence-corrected chi connectivity index (χ1v) is 9.22. The lowest BCUT2D eigenvalue weighted by Crippen LogP contribution is -2.46. The van der Waals surface area contributed by atoms with Gasteiger partial charge in [0.25, 0.3) is 5.91 Å². The maximum Gasteiger partial charge on any atom is 0.258 e. The van der Waals surface area contributed by atoms with Crippen LogP contribution in [0.3, 0.4) is 0 Å². The van der Waals surface area contributed by atoms with Crippen LogP contribution in [0.2, 0.25) is 0 Å². The number of nitrogens with one attached hydrogen (secondary N) is 1. The molecule has 0 aliphatic carbocycles. The zero-order valence-electron chi connectivity index (χ0n) is 16.9. The molecule has 30 heavy (non-hydrogen) atoms. The van der Waals surface area contributed by atoms with Crippen molar-refractivity contribution in [1.29, 1.82) is 0 Å². The highest BCUT2D eigenvalue weighted by Crippen LogP contribution is 2.29. The molecule has 1 atom stereocenters. The van der Waals surface area contributed by atoms with Crippen molar-refractivity contribution >= 4 is 40.5 Å². The van der Waals surface area contributed by atoms with E-state index in [2.05, 4.69) is 20.3 Å². The van der Waals surface area contributed by atoms with Gasteiger partial charge in [-0.05, 0) is 30.2 Å². The summed E-state index contributed by atoms with van der Waals surface area (Å²) in [5, 5.41) is 5.11. The Morgan fingerprint density at radius 3 is 2.67 bits per heavy atom. The fourth-order valence-corrected chi connectivity index (χ4v) is 2.97. The Kier molecular flexibility index (Phi) is 6.07. The number of nitrogens with two attached hydrogens (primary N) is 2. The fourth-order valence-electron chi connectivity index (χ4n) is 2.97. The number of fused-ring (bicyclic) bond motifs is 1. The number of ether oxygens (including phenoxy) is 1. The van der Waals surface area contributed by atoms with Gasteiger partial charge in [0.05, 0.1) is 12.6 Å². The number of aromatic nitrogens is 3. The number of rotatable bonds is 8. The molecule has 0 bridgehead atoms. The fraction of sp³-hybridized carbons (Fsp3) is 0.250. The number of benzene rings is 1. The highest BCUT2D eigenvalue weighted by atomic mass is 16.5. The van der Waals surface area contributed by atoms with Crippen LogP contribution in [-0.4, -0.2) is 40.3 Å². The number of hydrogen-bond donors (Lipinski definition) is 3. The minimum Gasteiger partial charge on any atom is -0.480 e. The molecule has 0 fully saturated rings. The summed E-state index contributed by atoms with van der Waals surface area (Å²) in [5.41, 5.74) is 6.97. The van der Waals surface area contributed by atoms with Crippen molar-refractivity contribution in [3.05, 3.63) is 42.1 Å². The van der Waals surface area contributed by atoms with E-state index in [9.17, 15) is 9.59 Å². The summed E-state index contributed by atoms with van der Waals surface area (Å²) in [7, 11) is 1.35. The van der Waals surface area contributed by atoms with Crippen LogP contribution < -0.4 is 26.6 Å². The Balaban J connectivity index is 2.10. The first-order valence-electron chi connectivity index (χ1n) is 9.22. The molecule has 0 aliphatic heterocycles. The standard InChI is InChI=1S/C20H23N7O3/c1-11(2)15(10-28)27(22)20-25-18(16(17(21)29)19(26-20)30-3)24-13-6-7-14-12(9-13)5-4-8-23-14/h4-11,15H,22H2,1-3H3,(H2,21,29)(H,24,25,26)/t15-/m0/s1. The number of pyridine rings is 1. The number of hydrazine groups is 1. The van der Waals surface area contributed by atoms with Crippen LogP contribution in [0, 0.1) is 5.92 Å². The van der Waals surface area contributed by atoms with E-state index >= 15 is 0 Å². The van der Waals surface area contributed by atoms with Gasteiger partial charge in [-0.3, -0.25) is 14.8 Å². The smallest absolute Gasteiger partial charge is 0.258 e. The topological polar surface area (TPSA) is 149 Å². The lowest BCUT2D eigenvalue weighted by Gasteiger charge is -2.26. The van der Waals surface area contributed by atoms with Crippen molar-refractivity contribution in [2.75, 3.05) is 17.4 Å². The third kappa shape index (κ3) is 4.13. The molecule has 1 amide bonds. The van der Waals surface area contributed by atoms with Crippen molar-refractivity contribution < 1.29 is 14.3 Å². The molecule has 0 radical (unpaired) electrons. The molecule has 0 unspecified atom stereocenters. The van der Waals surface area contributed by atoms with Gasteiger partial charge in [-0.2, -0.15) is 9.97 Å². The van der Waals surface area contributed by atoms with Gasteiger partial charge in [0, 0.05) is 17.3 Å². The normalized spacial score (nSPS) is 11.9. The summed E-state index contributed by atoms with van der Waals surface area (Å²) in [5.74, 6) is 5.30. The second-order valence-corrected chi connectivity index (χ2v) is 6.93. The molecule has 1 aromatic carbocycles. The van der Waals surface area contributed by atoms with E-state index in [1.165, 1.54) is 7.11 Å². The SMILES string of the molecule is COc1nc(N(N)[C@@H](C=O)C(C)C)nc(Nc2ccc3ncccc3c2)c1C(N)=O. The van der Waals surface area contributed by atoms with E-state index in [0.29, 0.717) is 12.0 Å². The molecule has 10 heteroatoms. The Bertz CT molecular complexity index is 1090. The van der Waals surface area contributed by atoms with Gasteiger partial charge in [-0.25, -0.2) is 5.84 Å². The molecule has 10 nitrogen and oxygen atoms in total. The molecular weight excluding hydrogens is 386 g/mol. The van der Waals surface area contributed by atoms with Crippen LogP contribution in [0.5, 0.6) is 5.88 Å². The number of anilines is 3. The number of nitrogens with zero attached hydrogens (tertiary/aromatic N) is 4. The quantitative estimate of drug-likeness (QED) is 0.287. The van der Waals surface area contributed by atoms with Gasteiger partial charge in [0.2, 0.25) is 11.8 Å². The summed E-state index contributed by atoms with van der Waals surface area (Å²) < 4.78 is 5.25. The van der Waals surface area contributed by atoms with Crippen LogP contribution in [0.15, 0.2) is 36.5 Å². The van der Waals surface area contributed by atoms with Crippen molar-refractivity contribution in [3.63, 3.8) is 0 Å². The zero-order chi connectivity index (χ0) is 21.8. The molecule has 156 valence electrons. The monoisotopic (exact) mass is 409 g/mol. The van der Waals surface area contributed by atoms with Crippen LogP contribution in [-0.2, 0) is 4.79 Å². The molecule has 3 aromatic rings. The Labute approximate surface area is 173 Å². The van der Waals surface area contributed by atoms with Crippen LogP contribution in [0.25, 0.3) is 10.9 Å². The molecular formula is C20H23N7O3. The first kappa shape index (κ1) is 20.9. The average Bonchev–Trinajstić information content (AvgIpc) is 2.72. The van der Waals surface area contributed by atoms with Crippen LogP contribution >= 0.6 is 0 Å². The molecule has 5 N–H and O–H groups in total. The van der Waals surface area contributed by atoms with Crippen molar-refractivity contribution in [1.82, 2.24) is 15.0 Å². The van der Waals surface area contributed by atoms with Gasteiger partial charge in [0.1, 0.15) is 17.9 Å². The number of hydrogen-bond acceptors (Lipinski definition) is 9. The Hall–Kier alpha value is -3.79. The van der Waals surface area contributed by atoms with Gasteiger partial charge < -0.3 is 20.6 Å². The number of aldehydes is 1. The predicted octanol–water partition coefficient (Wildman–Crippen LogP) is 1.78. The zero-order valence-corrected chi connectivity index (χ0v) is 16.9. The van der Waals surface area contributed by atoms with E-state index in [-0.39, 0.29) is 29.1 Å². The minimum atomic E-state index is -0.775. The summed E-state index contributed by atoms with van der Waals surface area (Å²) in [4.78, 5) is 36.4. The third-order valence-corrected chi connectivity index (χ3v) is 4.54. The van der Waals surface area contributed by atoms with E-state index in [1.54, 1.807) is 12.3 Å². The van der Waals surface area contributed by atoms with E-state index in [1.807, 2.05) is 38.1 Å². The maximum atomic E-state index is 12.1. The molecule has 2 aromatic heterocycles. The van der Waals surface area contributed by atoms with Crippen LogP contribution in [0.1, 0.15) is 24.2 Å². The van der Waals surface area contributed by atoms with Crippen LogP contribution in [0.4, 0.5) is 17.5 Å². The van der Waals surface area contributed by atoms with Crippen molar-refractivity contribution in [2.45, 2.75) is 19.9 Å². The molecule has 0 saturated heterocycles. The molecule has 3 rings (SSSR count). The van der Waals surface area contributed by atoms with E-state index in [0.717, 1.165) is 15.9 Å². The number of methoxy groups -OCH3 is 1. The lowest BCUT2D eigenvalue weighted by atomic mass is 10.1. The third-order valence-electron chi connectivity index (χ3n) is 4.54. The summed E-state index contributed by atoms with van der Waals surface area (Å²) in [6.07, 6.45) is 2.42. The number of amides is 1. The van der Waals surface area contributed by atoms with Gasteiger partial charge >= 0.3 is 0 Å².